The molecular formula is C13H16ClNO2. The first-order valence-corrected chi connectivity index (χ1v) is 6.23. The van der Waals surface area contributed by atoms with Gasteiger partial charge in [0.2, 0.25) is 0 Å². The van der Waals surface area contributed by atoms with Gasteiger partial charge in [-0.1, -0.05) is 29.8 Å². The number of nitrogens with zero attached hydrogens (tertiary/aromatic N) is 1. The Bertz CT molecular complexity index is 408. The predicted molar refractivity (Wildman–Crippen MR) is 67.1 cm³/mol. The number of carbonyl (C=O) groups is 1. The molecule has 17 heavy (non-hydrogen) atoms. The van der Waals surface area contributed by atoms with Crippen molar-refractivity contribution < 1.29 is 9.90 Å². The highest BCUT2D eigenvalue weighted by atomic mass is 35.5. The Labute approximate surface area is 106 Å². The van der Waals surface area contributed by atoms with Gasteiger partial charge in [0, 0.05) is 18.1 Å². The van der Waals surface area contributed by atoms with Gasteiger partial charge in [-0.25, -0.2) is 0 Å². The Morgan fingerprint density at radius 2 is 2.24 bits per heavy atom. The second kappa shape index (κ2) is 5.52. The molecule has 1 N–H and O–H groups in total. The summed E-state index contributed by atoms with van der Waals surface area (Å²) in [4.78, 5) is 13.1. The first-order valence-electron chi connectivity index (χ1n) is 5.85. The highest BCUT2D eigenvalue weighted by molar-refractivity contribution is 6.31. The van der Waals surface area contributed by atoms with Crippen molar-refractivity contribution >= 4 is 17.6 Å². The number of rotatable bonds is 3. The number of hydrogen-bond donors (Lipinski definition) is 1. The van der Waals surface area contributed by atoms with Gasteiger partial charge < -0.3 is 5.11 Å². The summed E-state index contributed by atoms with van der Waals surface area (Å²) in [6.07, 6.45) is 1.73. The number of piperidine rings is 1. The minimum atomic E-state index is -0.686. The molecule has 3 nitrogen and oxygen atoms in total. The number of aliphatic carboxylic acids is 1. The standard InChI is InChI=1S/C13H16ClNO2/c14-12-6-2-1-4-10(12)8-15-7-3-5-11(9-15)13(16)17/h1-2,4,6,11H,3,5,7-9H2,(H,16,17). The van der Waals surface area contributed by atoms with Crippen LogP contribution in [0.4, 0.5) is 0 Å². The average molecular weight is 254 g/mol. The maximum atomic E-state index is 11.0. The molecule has 1 aliphatic rings. The van der Waals surface area contributed by atoms with Crippen molar-refractivity contribution in [2.45, 2.75) is 19.4 Å². The van der Waals surface area contributed by atoms with Gasteiger partial charge in [0.25, 0.3) is 0 Å². The number of hydrogen-bond acceptors (Lipinski definition) is 2. The summed E-state index contributed by atoms with van der Waals surface area (Å²) in [5, 5.41) is 9.78. The number of benzene rings is 1. The molecule has 1 aliphatic heterocycles. The highest BCUT2D eigenvalue weighted by Crippen LogP contribution is 2.22. The molecule has 4 heteroatoms. The molecule has 0 amide bonds. The Morgan fingerprint density at radius 3 is 2.94 bits per heavy atom. The van der Waals surface area contributed by atoms with Crippen LogP contribution in [0.5, 0.6) is 0 Å². The Kier molecular flexibility index (Phi) is 4.02. The van der Waals surface area contributed by atoms with Crippen LogP contribution in [0.3, 0.4) is 0 Å². The molecule has 1 unspecified atom stereocenters. The van der Waals surface area contributed by atoms with E-state index in [9.17, 15) is 4.79 Å². The zero-order valence-corrected chi connectivity index (χ0v) is 10.4. The number of carboxylic acid groups (broad SMARTS) is 1. The number of carboxylic acids is 1. The molecular weight excluding hydrogens is 238 g/mol. The lowest BCUT2D eigenvalue weighted by Gasteiger charge is -2.30. The normalized spacial score (nSPS) is 21.4. The first-order chi connectivity index (χ1) is 8.16. The molecule has 2 rings (SSSR count). The summed E-state index contributed by atoms with van der Waals surface area (Å²) in [7, 11) is 0. The molecule has 1 fully saturated rings. The molecule has 0 radical (unpaired) electrons. The van der Waals surface area contributed by atoms with Crippen LogP contribution in [-0.2, 0) is 11.3 Å². The molecule has 1 aromatic carbocycles. The van der Waals surface area contributed by atoms with Crippen LogP contribution in [0.1, 0.15) is 18.4 Å². The third-order valence-electron chi connectivity index (χ3n) is 3.21. The van der Waals surface area contributed by atoms with Gasteiger partial charge in [0.15, 0.2) is 0 Å². The molecule has 1 aromatic rings. The van der Waals surface area contributed by atoms with Gasteiger partial charge in [-0.2, -0.15) is 0 Å². The molecule has 0 aromatic heterocycles. The van der Waals surface area contributed by atoms with E-state index in [-0.39, 0.29) is 5.92 Å². The van der Waals surface area contributed by atoms with Crippen LogP contribution in [0.15, 0.2) is 24.3 Å². The molecule has 92 valence electrons. The summed E-state index contributed by atoms with van der Waals surface area (Å²) in [6, 6.07) is 7.73. The Balaban J connectivity index is 1.99. The topological polar surface area (TPSA) is 40.5 Å². The summed E-state index contributed by atoms with van der Waals surface area (Å²) in [5.74, 6) is -0.917. The van der Waals surface area contributed by atoms with Crippen molar-refractivity contribution in [1.29, 1.82) is 0 Å². The first kappa shape index (κ1) is 12.4. The summed E-state index contributed by atoms with van der Waals surface area (Å²) >= 11 is 6.10. The highest BCUT2D eigenvalue weighted by Gasteiger charge is 2.25. The molecule has 0 saturated carbocycles. The summed E-state index contributed by atoms with van der Waals surface area (Å²) in [5.41, 5.74) is 1.07. The molecule has 1 atom stereocenters. The van der Waals surface area contributed by atoms with Crippen LogP contribution in [0, 0.1) is 5.92 Å². The Morgan fingerprint density at radius 1 is 1.47 bits per heavy atom. The smallest absolute Gasteiger partial charge is 0.307 e. The molecule has 0 spiro atoms. The summed E-state index contributed by atoms with van der Waals surface area (Å²) in [6.45, 7) is 2.32. The zero-order chi connectivity index (χ0) is 12.3. The fraction of sp³-hybridized carbons (Fsp3) is 0.462. The Hall–Kier alpha value is -1.06. The minimum Gasteiger partial charge on any atom is -0.481 e. The van der Waals surface area contributed by atoms with Gasteiger partial charge in [-0.15, -0.1) is 0 Å². The van der Waals surface area contributed by atoms with E-state index in [2.05, 4.69) is 4.90 Å². The minimum absolute atomic E-state index is 0.230. The van der Waals surface area contributed by atoms with E-state index in [0.29, 0.717) is 6.54 Å². The fourth-order valence-electron chi connectivity index (χ4n) is 2.27. The second-order valence-corrected chi connectivity index (χ2v) is 4.91. The van der Waals surface area contributed by atoms with E-state index in [4.69, 9.17) is 16.7 Å². The van der Waals surface area contributed by atoms with Crippen molar-refractivity contribution in [1.82, 2.24) is 4.90 Å². The lowest BCUT2D eigenvalue weighted by molar-refractivity contribution is -0.143. The lowest BCUT2D eigenvalue weighted by atomic mass is 9.98. The van der Waals surface area contributed by atoms with Crippen molar-refractivity contribution in [3.8, 4) is 0 Å². The van der Waals surface area contributed by atoms with Gasteiger partial charge in [-0.3, -0.25) is 9.69 Å². The van der Waals surface area contributed by atoms with Crippen molar-refractivity contribution in [3.05, 3.63) is 34.9 Å². The zero-order valence-electron chi connectivity index (χ0n) is 9.60. The second-order valence-electron chi connectivity index (χ2n) is 4.50. The average Bonchev–Trinajstić information content (AvgIpc) is 2.32. The third kappa shape index (κ3) is 3.20. The van der Waals surface area contributed by atoms with Crippen LogP contribution in [0.25, 0.3) is 0 Å². The van der Waals surface area contributed by atoms with Crippen LogP contribution < -0.4 is 0 Å². The van der Waals surface area contributed by atoms with Crippen molar-refractivity contribution in [2.24, 2.45) is 5.92 Å². The van der Waals surface area contributed by atoms with Gasteiger partial charge in [0.1, 0.15) is 0 Å². The monoisotopic (exact) mass is 253 g/mol. The number of halogens is 1. The van der Waals surface area contributed by atoms with E-state index in [1.54, 1.807) is 0 Å². The van der Waals surface area contributed by atoms with E-state index in [0.717, 1.165) is 36.5 Å². The number of likely N-dealkylation sites (tertiary alicyclic amines) is 1. The molecule has 1 saturated heterocycles. The van der Waals surface area contributed by atoms with E-state index < -0.39 is 5.97 Å². The van der Waals surface area contributed by atoms with E-state index in [1.807, 2.05) is 24.3 Å². The van der Waals surface area contributed by atoms with Gasteiger partial charge in [-0.05, 0) is 31.0 Å². The van der Waals surface area contributed by atoms with Crippen LogP contribution >= 0.6 is 11.6 Å². The van der Waals surface area contributed by atoms with Crippen LogP contribution in [-0.4, -0.2) is 29.1 Å². The van der Waals surface area contributed by atoms with E-state index in [1.165, 1.54) is 0 Å². The van der Waals surface area contributed by atoms with Gasteiger partial charge in [0.05, 0.1) is 5.92 Å². The van der Waals surface area contributed by atoms with Crippen molar-refractivity contribution in [3.63, 3.8) is 0 Å². The fourth-order valence-corrected chi connectivity index (χ4v) is 2.46. The SMILES string of the molecule is O=C(O)C1CCCN(Cc2ccccc2Cl)C1. The van der Waals surface area contributed by atoms with Crippen LogP contribution in [0.2, 0.25) is 5.02 Å². The maximum Gasteiger partial charge on any atom is 0.307 e. The third-order valence-corrected chi connectivity index (χ3v) is 3.58. The van der Waals surface area contributed by atoms with Gasteiger partial charge >= 0.3 is 5.97 Å². The molecule has 1 heterocycles. The maximum absolute atomic E-state index is 11.0. The lowest BCUT2D eigenvalue weighted by Crippen LogP contribution is -2.38. The largest absolute Gasteiger partial charge is 0.481 e. The molecule has 0 bridgehead atoms. The van der Waals surface area contributed by atoms with E-state index >= 15 is 0 Å². The van der Waals surface area contributed by atoms with Crippen molar-refractivity contribution in [2.75, 3.05) is 13.1 Å². The predicted octanol–water partition coefficient (Wildman–Crippen LogP) is 2.64. The summed E-state index contributed by atoms with van der Waals surface area (Å²) < 4.78 is 0. The molecule has 0 aliphatic carbocycles. The quantitative estimate of drug-likeness (QED) is 0.900.